The minimum atomic E-state index is -0.465. The van der Waals surface area contributed by atoms with Gasteiger partial charge in [-0.3, -0.25) is 4.79 Å². The van der Waals surface area contributed by atoms with Gasteiger partial charge in [0.15, 0.2) is 0 Å². The molecule has 4 fully saturated rings. The minimum absolute atomic E-state index is 0.0445. The molecule has 0 aromatic carbocycles. The second kappa shape index (κ2) is 11.7. The molecule has 2 unspecified atom stereocenters. The van der Waals surface area contributed by atoms with Gasteiger partial charge in [0.05, 0.1) is 31.3 Å². The van der Waals surface area contributed by atoms with E-state index < -0.39 is 6.10 Å². The predicted molar refractivity (Wildman–Crippen MR) is 174 cm³/mol. The van der Waals surface area contributed by atoms with Gasteiger partial charge in [0.2, 0.25) is 0 Å². The Balaban J connectivity index is 1.40. The maximum atomic E-state index is 13.6. The van der Waals surface area contributed by atoms with E-state index in [1.165, 1.54) is 19.3 Å². The zero-order chi connectivity index (χ0) is 31.6. The predicted octanol–water partition coefficient (Wildman–Crippen LogP) is 7.81. The number of hydrogen-bond acceptors (Lipinski definition) is 5. The van der Waals surface area contributed by atoms with Gasteiger partial charge < -0.3 is 19.9 Å². The number of carbonyl (C=O) groups excluding carboxylic acids is 1. The summed E-state index contributed by atoms with van der Waals surface area (Å²) >= 11 is 0. The highest BCUT2D eigenvalue weighted by atomic mass is 16.5. The van der Waals surface area contributed by atoms with Gasteiger partial charge in [0, 0.05) is 6.54 Å². The van der Waals surface area contributed by atoms with Crippen LogP contribution in [0.5, 0.6) is 0 Å². The molecule has 0 amide bonds. The van der Waals surface area contributed by atoms with Crippen LogP contribution in [0.4, 0.5) is 0 Å². The summed E-state index contributed by atoms with van der Waals surface area (Å²) < 4.78 is 12.1. The van der Waals surface area contributed by atoms with Gasteiger partial charge in [-0.25, -0.2) is 0 Å². The number of hydrogen-bond donors (Lipinski definition) is 2. The maximum Gasteiger partial charge on any atom is 0.312 e. The Morgan fingerprint density at radius 3 is 2.37 bits per heavy atom. The Morgan fingerprint density at radius 1 is 0.977 bits per heavy atom. The van der Waals surface area contributed by atoms with Gasteiger partial charge in [-0.05, 0) is 121 Å². The van der Waals surface area contributed by atoms with Crippen molar-refractivity contribution in [3.05, 3.63) is 11.6 Å². The number of fused-ring (bicyclic) bond motifs is 7. The smallest absolute Gasteiger partial charge is 0.312 e. The molecule has 0 heterocycles. The zero-order valence-electron chi connectivity index (χ0n) is 29.4. The quantitative estimate of drug-likeness (QED) is 0.220. The highest BCUT2D eigenvalue weighted by molar-refractivity contribution is 5.78. The van der Waals surface area contributed by atoms with Crippen LogP contribution in [0.1, 0.15) is 120 Å². The van der Waals surface area contributed by atoms with Crippen LogP contribution in [-0.4, -0.2) is 50.1 Å². The SMILES string of the molecule is COC(=O)[C@]12CC[C@@H](C)[C@H](C)[C@H]1C1=CC[C@@H]3[C@@]4(C)CC[C@H](OCC(O)CNCC(C)C)C(C)(C)C4CC[C@@]3(C)[C@]1(C)CC2. The lowest BCUT2D eigenvalue weighted by Crippen LogP contribution is -2.65. The first-order valence-corrected chi connectivity index (χ1v) is 17.9. The van der Waals surface area contributed by atoms with Crippen LogP contribution in [0.2, 0.25) is 0 Å². The summed E-state index contributed by atoms with van der Waals surface area (Å²) in [6.07, 6.45) is 12.4. The van der Waals surface area contributed by atoms with Crippen molar-refractivity contribution < 1.29 is 19.4 Å². The number of ether oxygens (including phenoxy) is 2. The zero-order valence-corrected chi connectivity index (χ0v) is 29.4. The summed E-state index contributed by atoms with van der Waals surface area (Å²) in [6.45, 7) is 23.9. The van der Waals surface area contributed by atoms with Gasteiger partial charge >= 0.3 is 5.97 Å². The van der Waals surface area contributed by atoms with Crippen molar-refractivity contribution in [3.8, 4) is 0 Å². The second-order valence-corrected chi connectivity index (χ2v) is 17.7. The first-order chi connectivity index (χ1) is 20.1. The monoisotopic (exact) mass is 599 g/mol. The fourth-order valence-corrected chi connectivity index (χ4v) is 12.1. The van der Waals surface area contributed by atoms with E-state index in [9.17, 15) is 9.90 Å². The van der Waals surface area contributed by atoms with Crippen LogP contribution in [-0.2, 0) is 14.3 Å². The van der Waals surface area contributed by atoms with E-state index in [2.05, 4.69) is 73.7 Å². The largest absolute Gasteiger partial charge is 0.469 e. The molecule has 5 heteroatoms. The van der Waals surface area contributed by atoms with E-state index in [0.717, 1.165) is 45.1 Å². The molecule has 0 aromatic heterocycles. The van der Waals surface area contributed by atoms with Crippen LogP contribution >= 0.6 is 0 Å². The van der Waals surface area contributed by atoms with Crippen molar-refractivity contribution in [2.24, 2.45) is 62.6 Å². The third-order valence-corrected chi connectivity index (χ3v) is 14.9. The van der Waals surface area contributed by atoms with Crippen LogP contribution in [0.15, 0.2) is 11.6 Å². The first kappa shape index (κ1) is 33.5. The molecule has 0 spiro atoms. The highest BCUT2D eigenvalue weighted by Crippen LogP contribution is 2.76. The molecule has 0 bridgehead atoms. The van der Waals surface area contributed by atoms with E-state index in [4.69, 9.17) is 9.47 Å². The summed E-state index contributed by atoms with van der Waals surface area (Å²) in [6, 6.07) is 0. The molecule has 11 atom stereocenters. The van der Waals surface area contributed by atoms with Crippen LogP contribution < -0.4 is 5.32 Å². The number of nitrogens with one attached hydrogen (secondary N) is 1. The molecule has 4 saturated carbocycles. The van der Waals surface area contributed by atoms with Crippen molar-refractivity contribution in [2.45, 2.75) is 132 Å². The standard InChI is InChI=1S/C38H65NO4/c1-24(2)21-39-22-27(40)23-43-31-15-16-35(7)29(34(31,5)6)14-17-37(9)30(35)12-11-28-32-26(4)25(3)13-18-38(32,33(41)42-10)20-19-36(28,37)8/h11,24-27,29-32,39-40H,12-23H2,1-10H3/t25-,26+,27?,29?,30-,31+,32+,35+,36-,37-,38+/m1/s1. The van der Waals surface area contributed by atoms with Gasteiger partial charge in [0.25, 0.3) is 0 Å². The molecule has 0 aliphatic heterocycles. The van der Waals surface area contributed by atoms with Crippen molar-refractivity contribution >= 4 is 5.97 Å². The van der Waals surface area contributed by atoms with E-state index in [1.807, 2.05) is 0 Å². The van der Waals surface area contributed by atoms with E-state index in [1.54, 1.807) is 12.7 Å². The molecular weight excluding hydrogens is 534 g/mol. The maximum absolute atomic E-state index is 13.6. The fraction of sp³-hybridized carbons (Fsp3) is 0.921. The number of methoxy groups -OCH3 is 1. The van der Waals surface area contributed by atoms with Crippen molar-refractivity contribution in [1.82, 2.24) is 5.32 Å². The van der Waals surface area contributed by atoms with E-state index in [-0.39, 0.29) is 39.1 Å². The molecular formula is C38H65NO4. The third-order valence-electron chi connectivity index (χ3n) is 14.9. The van der Waals surface area contributed by atoms with Gasteiger partial charge in [-0.1, -0.05) is 74.0 Å². The number of carbonyl (C=O) groups is 1. The molecule has 0 aromatic rings. The van der Waals surface area contributed by atoms with Gasteiger partial charge in [-0.15, -0.1) is 0 Å². The molecule has 5 nitrogen and oxygen atoms in total. The normalized spacial score (nSPS) is 46.1. The lowest BCUT2D eigenvalue weighted by Gasteiger charge is -2.71. The minimum Gasteiger partial charge on any atom is -0.469 e. The molecule has 5 aliphatic rings. The number of aliphatic hydroxyl groups excluding tert-OH is 1. The Morgan fingerprint density at radius 2 is 1.70 bits per heavy atom. The summed E-state index contributed by atoms with van der Waals surface area (Å²) in [5.74, 6) is 3.26. The molecule has 43 heavy (non-hydrogen) atoms. The second-order valence-electron chi connectivity index (χ2n) is 17.7. The average molecular weight is 600 g/mol. The molecule has 0 saturated heterocycles. The summed E-state index contributed by atoms with van der Waals surface area (Å²) in [5.41, 5.74) is 1.91. The molecule has 2 N–H and O–H groups in total. The number of esters is 1. The summed E-state index contributed by atoms with van der Waals surface area (Å²) in [4.78, 5) is 13.6. The van der Waals surface area contributed by atoms with E-state index >= 15 is 0 Å². The Kier molecular flexibility index (Phi) is 9.11. The van der Waals surface area contributed by atoms with E-state index in [0.29, 0.717) is 48.7 Å². The lowest BCUT2D eigenvalue weighted by atomic mass is 9.33. The lowest BCUT2D eigenvalue weighted by molar-refractivity contribution is -0.216. The molecule has 5 rings (SSSR count). The Labute approximate surface area is 263 Å². The highest BCUT2D eigenvalue weighted by Gasteiger charge is 2.69. The third kappa shape index (κ3) is 5.09. The Hall–Kier alpha value is -0.910. The van der Waals surface area contributed by atoms with Crippen molar-refractivity contribution in [3.63, 3.8) is 0 Å². The number of rotatable bonds is 8. The van der Waals surface area contributed by atoms with Crippen LogP contribution in [0.3, 0.4) is 0 Å². The van der Waals surface area contributed by atoms with Crippen LogP contribution in [0.25, 0.3) is 0 Å². The van der Waals surface area contributed by atoms with Gasteiger partial charge in [-0.2, -0.15) is 0 Å². The van der Waals surface area contributed by atoms with Crippen molar-refractivity contribution in [2.75, 3.05) is 26.8 Å². The number of aliphatic hydroxyl groups is 1. The number of allylic oxidation sites excluding steroid dienone is 2. The molecule has 5 aliphatic carbocycles. The van der Waals surface area contributed by atoms with Crippen LogP contribution in [0, 0.1) is 62.6 Å². The first-order valence-electron chi connectivity index (χ1n) is 17.9. The van der Waals surface area contributed by atoms with Crippen molar-refractivity contribution in [1.29, 1.82) is 0 Å². The average Bonchev–Trinajstić information content (AvgIpc) is 2.94. The van der Waals surface area contributed by atoms with Gasteiger partial charge in [0.1, 0.15) is 0 Å². The molecule has 0 radical (unpaired) electrons. The molecule has 246 valence electrons. The summed E-state index contributed by atoms with van der Waals surface area (Å²) in [5, 5.41) is 14.0. The topological polar surface area (TPSA) is 67.8 Å². The summed E-state index contributed by atoms with van der Waals surface area (Å²) in [7, 11) is 1.60. The fourth-order valence-electron chi connectivity index (χ4n) is 12.1. The Bertz CT molecular complexity index is 1070.